The number of nitrogens with zero attached hydrogens (tertiary/aromatic N) is 8. The zero-order chi connectivity index (χ0) is 35.0. The zero-order valence-electron chi connectivity index (χ0n) is 28.3. The van der Waals surface area contributed by atoms with E-state index in [9.17, 15) is 0 Å². The summed E-state index contributed by atoms with van der Waals surface area (Å²) in [5.41, 5.74) is 5.64. The van der Waals surface area contributed by atoms with Crippen molar-refractivity contribution >= 4 is 5.57 Å². The Morgan fingerprint density at radius 1 is 0.510 bits per heavy atom. The highest BCUT2D eigenvalue weighted by Crippen LogP contribution is 2.29. The van der Waals surface area contributed by atoms with E-state index in [1.165, 1.54) is 0 Å². The van der Waals surface area contributed by atoms with E-state index in [4.69, 9.17) is 29.9 Å². The Labute approximate surface area is 297 Å². The monoisotopic (exact) mass is 662 g/mol. The average molecular weight is 663 g/mol. The van der Waals surface area contributed by atoms with E-state index in [2.05, 4.69) is 60.7 Å². The Kier molecular flexibility index (Phi) is 9.47. The first-order valence-corrected chi connectivity index (χ1v) is 16.6. The lowest BCUT2D eigenvalue weighted by Crippen LogP contribution is -2.13. The second-order valence-electron chi connectivity index (χ2n) is 12.3. The first-order valence-electron chi connectivity index (χ1n) is 16.6. The van der Waals surface area contributed by atoms with Gasteiger partial charge >= 0.3 is 0 Å². The molecular weight excluding hydrogens is 629 g/mol. The molecule has 0 fully saturated rings. The van der Waals surface area contributed by atoms with Crippen LogP contribution in [0.25, 0.3) is 62.8 Å². The largest absolute Gasteiger partial charge is 0.253 e. The highest BCUT2D eigenvalue weighted by Gasteiger charge is 2.19. The minimum absolute atomic E-state index is 0.303. The SMILES string of the molecule is C=C/C(=C\C=C\C(C)(C)c1ccc(-c2nc(-c3ccccc3)nc(-c3ccccn3)n2)cc1)c1nc(-c2ccccc2)nc(-c2ccccn2)n1. The number of hydrogen-bond donors (Lipinski definition) is 0. The van der Waals surface area contributed by atoms with Crippen molar-refractivity contribution < 1.29 is 0 Å². The molecule has 0 radical (unpaired) electrons. The molecule has 0 N–H and O–H groups in total. The van der Waals surface area contributed by atoms with Gasteiger partial charge in [0, 0.05) is 40.1 Å². The molecule has 0 amide bonds. The van der Waals surface area contributed by atoms with Crippen molar-refractivity contribution in [2.24, 2.45) is 0 Å². The average Bonchev–Trinajstić information content (AvgIpc) is 3.20. The van der Waals surface area contributed by atoms with Crippen molar-refractivity contribution in [2.45, 2.75) is 19.3 Å². The Hall–Kier alpha value is -6.80. The Bertz CT molecular complexity index is 2210. The molecule has 0 spiro atoms. The van der Waals surface area contributed by atoms with Gasteiger partial charge in [0.15, 0.2) is 34.9 Å². The smallest absolute Gasteiger partial charge is 0.182 e. The van der Waals surface area contributed by atoms with Crippen LogP contribution in [0.5, 0.6) is 0 Å². The fourth-order valence-corrected chi connectivity index (χ4v) is 5.43. The van der Waals surface area contributed by atoms with Crippen LogP contribution in [-0.2, 0) is 5.41 Å². The van der Waals surface area contributed by atoms with Gasteiger partial charge in [-0.25, -0.2) is 29.9 Å². The third-order valence-electron chi connectivity index (χ3n) is 8.28. The Balaban J connectivity index is 1.17. The van der Waals surface area contributed by atoms with Gasteiger partial charge in [0.1, 0.15) is 11.4 Å². The first-order chi connectivity index (χ1) is 25.0. The fourth-order valence-electron chi connectivity index (χ4n) is 5.43. The second-order valence-corrected chi connectivity index (χ2v) is 12.3. The molecule has 0 saturated heterocycles. The van der Waals surface area contributed by atoms with E-state index in [0.717, 1.165) is 27.8 Å². The minimum Gasteiger partial charge on any atom is -0.253 e. The van der Waals surface area contributed by atoms with Crippen LogP contribution < -0.4 is 0 Å². The quantitative estimate of drug-likeness (QED) is 0.134. The summed E-state index contributed by atoms with van der Waals surface area (Å²) in [6.45, 7) is 8.41. The van der Waals surface area contributed by atoms with Crippen LogP contribution in [0.1, 0.15) is 25.2 Å². The predicted octanol–water partition coefficient (Wildman–Crippen LogP) is 9.29. The molecule has 8 nitrogen and oxygen atoms in total. The maximum absolute atomic E-state index is 4.85. The lowest BCUT2D eigenvalue weighted by molar-refractivity contribution is 0.670. The van der Waals surface area contributed by atoms with E-state index in [-0.39, 0.29) is 5.41 Å². The summed E-state index contributed by atoms with van der Waals surface area (Å²) in [5.74, 6) is 3.29. The number of pyridine rings is 2. The van der Waals surface area contributed by atoms with Gasteiger partial charge < -0.3 is 0 Å². The van der Waals surface area contributed by atoms with Crippen LogP contribution in [0, 0.1) is 0 Å². The van der Waals surface area contributed by atoms with E-state index < -0.39 is 0 Å². The summed E-state index contributed by atoms with van der Waals surface area (Å²) in [4.78, 5) is 37.7. The molecule has 4 aromatic heterocycles. The van der Waals surface area contributed by atoms with E-state index in [0.29, 0.717) is 46.3 Å². The maximum Gasteiger partial charge on any atom is 0.182 e. The van der Waals surface area contributed by atoms with Crippen molar-refractivity contribution in [3.63, 3.8) is 0 Å². The number of rotatable bonds is 10. The summed E-state index contributed by atoms with van der Waals surface area (Å²) < 4.78 is 0. The first kappa shape index (κ1) is 32.7. The van der Waals surface area contributed by atoms with Crippen molar-refractivity contribution in [3.05, 3.63) is 176 Å². The van der Waals surface area contributed by atoms with Crippen LogP contribution in [-0.4, -0.2) is 39.9 Å². The van der Waals surface area contributed by atoms with Gasteiger partial charge in [0.05, 0.1) is 0 Å². The van der Waals surface area contributed by atoms with Gasteiger partial charge in [0.2, 0.25) is 0 Å². The molecule has 4 heterocycles. The van der Waals surface area contributed by atoms with E-state index >= 15 is 0 Å². The number of benzene rings is 3. The van der Waals surface area contributed by atoms with Crippen molar-refractivity contribution in [1.82, 2.24) is 39.9 Å². The molecule has 8 heteroatoms. The topological polar surface area (TPSA) is 103 Å². The minimum atomic E-state index is -0.303. The summed E-state index contributed by atoms with van der Waals surface area (Å²) in [6, 6.07) is 39.5. The molecule has 0 atom stereocenters. The number of aromatic nitrogens is 8. The molecule has 0 aliphatic carbocycles. The molecule has 0 saturated carbocycles. The Morgan fingerprint density at radius 3 is 1.47 bits per heavy atom. The normalized spacial score (nSPS) is 11.8. The fraction of sp³-hybridized carbons (Fsp3) is 0.0698. The van der Waals surface area contributed by atoms with Crippen LogP contribution in [0.4, 0.5) is 0 Å². The number of allylic oxidation sites excluding steroid dienone is 5. The van der Waals surface area contributed by atoms with Gasteiger partial charge in [-0.1, -0.05) is 142 Å². The zero-order valence-corrected chi connectivity index (χ0v) is 28.3. The van der Waals surface area contributed by atoms with Crippen molar-refractivity contribution in [3.8, 4) is 57.2 Å². The van der Waals surface area contributed by atoms with Crippen LogP contribution in [0.3, 0.4) is 0 Å². The molecule has 7 rings (SSSR count). The van der Waals surface area contributed by atoms with Gasteiger partial charge in [-0.2, -0.15) is 0 Å². The predicted molar refractivity (Wildman–Crippen MR) is 203 cm³/mol. The molecule has 0 bridgehead atoms. The van der Waals surface area contributed by atoms with Crippen LogP contribution in [0.2, 0.25) is 0 Å². The third kappa shape index (κ3) is 7.60. The highest BCUT2D eigenvalue weighted by atomic mass is 15.1. The summed E-state index contributed by atoms with van der Waals surface area (Å²) in [6.07, 6.45) is 11.4. The van der Waals surface area contributed by atoms with Gasteiger partial charge in [-0.05, 0) is 29.8 Å². The van der Waals surface area contributed by atoms with Crippen molar-refractivity contribution in [1.29, 1.82) is 0 Å². The molecule has 0 unspecified atom stereocenters. The highest BCUT2D eigenvalue weighted by molar-refractivity contribution is 5.73. The lowest BCUT2D eigenvalue weighted by Gasteiger charge is -2.21. The van der Waals surface area contributed by atoms with E-state index in [1.807, 2.05) is 109 Å². The number of hydrogen-bond acceptors (Lipinski definition) is 8. The molecule has 51 heavy (non-hydrogen) atoms. The maximum atomic E-state index is 4.85. The molecule has 0 aliphatic rings. The lowest BCUT2D eigenvalue weighted by atomic mass is 9.84. The van der Waals surface area contributed by atoms with Gasteiger partial charge in [0.25, 0.3) is 0 Å². The van der Waals surface area contributed by atoms with Gasteiger partial charge in [-0.15, -0.1) is 0 Å². The standard InChI is InChI=1S/C43H34N8/c1-4-30(37-46-38(31-16-7-5-8-17-31)49-41(48-37)35-21-11-13-28-44-35)20-15-27-43(2,3)34-25-23-33(24-26-34)40-47-39(32-18-9-6-10-19-32)50-42(51-40)36-22-12-14-29-45-36/h4-29H,1H2,2-3H3/b27-15+,30-20+. The Morgan fingerprint density at radius 2 is 0.961 bits per heavy atom. The molecule has 3 aromatic carbocycles. The second kappa shape index (κ2) is 14.8. The molecule has 246 valence electrons. The molecule has 0 aliphatic heterocycles. The van der Waals surface area contributed by atoms with Crippen molar-refractivity contribution in [2.75, 3.05) is 0 Å². The summed E-state index contributed by atoms with van der Waals surface area (Å²) in [5, 5.41) is 0. The molecular formula is C43H34N8. The van der Waals surface area contributed by atoms with Gasteiger partial charge in [-0.3, -0.25) is 9.97 Å². The molecule has 7 aromatic rings. The third-order valence-corrected chi connectivity index (χ3v) is 8.28. The van der Waals surface area contributed by atoms with Crippen LogP contribution in [0.15, 0.2) is 165 Å². The van der Waals surface area contributed by atoms with Crippen LogP contribution >= 0.6 is 0 Å². The summed E-state index contributed by atoms with van der Waals surface area (Å²) in [7, 11) is 0. The summed E-state index contributed by atoms with van der Waals surface area (Å²) >= 11 is 0. The van der Waals surface area contributed by atoms with E-state index in [1.54, 1.807) is 18.5 Å².